The van der Waals surface area contributed by atoms with Crippen LogP contribution in [0.25, 0.3) is 11.0 Å². The first-order chi connectivity index (χ1) is 30.4. The quantitative estimate of drug-likeness (QED) is 0.0533. The fraction of sp³-hybridized carbons (Fsp3) is 0.400. The van der Waals surface area contributed by atoms with Gasteiger partial charge in [-0.05, 0) is 125 Å². The fourth-order valence-electron chi connectivity index (χ4n) is 7.88. The van der Waals surface area contributed by atoms with Gasteiger partial charge in [0, 0.05) is 25.3 Å². The fourth-order valence-corrected chi connectivity index (χ4v) is 7.88. The van der Waals surface area contributed by atoms with Gasteiger partial charge in [0.1, 0.15) is 29.0 Å². The van der Waals surface area contributed by atoms with Crippen molar-refractivity contribution in [2.45, 2.75) is 116 Å². The molecule has 0 radical (unpaired) electrons. The Morgan fingerprint density at radius 1 is 0.603 bits per heavy atom. The smallest absolute Gasteiger partial charge is 0.335 e. The summed E-state index contributed by atoms with van der Waals surface area (Å²) in [6.45, 7) is 10.7. The van der Waals surface area contributed by atoms with Crippen molar-refractivity contribution in [1.82, 2.24) is 9.97 Å². The molecule has 330 valence electrons. The highest BCUT2D eigenvalue weighted by molar-refractivity contribution is 5.92. The van der Waals surface area contributed by atoms with Crippen molar-refractivity contribution >= 4 is 46.7 Å². The van der Waals surface area contributed by atoms with Crippen LogP contribution in [0.15, 0.2) is 86.0 Å². The van der Waals surface area contributed by atoms with Crippen LogP contribution in [0.5, 0.6) is 17.2 Å². The molecule has 0 spiro atoms. The van der Waals surface area contributed by atoms with E-state index in [1.54, 1.807) is 36.4 Å². The van der Waals surface area contributed by atoms with Crippen LogP contribution < -0.4 is 14.2 Å². The molecule has 0 N–H and O–H groups in total. The van der Waals surface area contributed by atoms with E-state index in [0.717, 1.165) is 28.5 Å². The number of fused-ring (bicyclic) bond motifs is 1. The maximum Gasteiger partial charge on any atom is 0.335 e. The van der Waals surface area contributed by atoms with Gasteiger partial charge >= 0.3 is 29.8 Å². The first kappa shape index (κ1) is 46.0. The Labute approximate surface area is 367 Å². The molecule has 63 heavy (non-hydrogen) atoms. The Bertz CT molecular complexity index is 2320. The summed E-state index contributed by atoms with van der Waals surface area (Å²) in [6.07, 6.45) is 8.15. The summed E-state index contributed by atoms with van der Waals surface area (Å²) < 4.78 is 28.5. The standard InChI is InChI=1S/C50H54N2O11/c1-5-37(53)30-34-10-8-32(9-11-34)14-28-45(55)60-39-24-18-36(19-25-39)50(58)63-43-27-26-42(47-48(43)52-41(6-2)31(4)51-47)62-49(57)35-16-22-40(23-17-35)61-46(56)29-15-33-12-20-38(21-13-33)59-44(54)7-3/h5,7-13,20-21,26-27,35-36,39-40H,1,3,6,14-19,22-25,28-30H2,2,4H3/t35-,36-,39-,40-. The van der Waals surface area contributed by atoms with Gasteiger partial charge in [-0.1, -0.05) is 56.5 Å². The molecule has 2 aliphatic carbocycles. The third kappa shape index (κ3) is 13.0. The highest BCUT2D eigenvalue weighted by Crippen LogP contribution is 2.36. The second-order valence-electron chi connectivity index (χ2n) is 16.1. The van der Waals surface area contributed by atoms with Crippen LogP contribution in [0.1, 0.15) is 99.2 Å². The number of benzene rings is 3. The van der Waals surface area contributed by atoms with Crippen molar-refractivity contribution in [2.24, 2.45) is 11.8 Å². The summed E-state index contributed by atoms with van der Waals surface area (Å²) in [5.41, 5.74) is 4.79. The number of hydrogen-bond donors (Lipinski definition) is 0. The number of hydrogen-bond acceptors (Lipinski definition) is 13. The zero-order valence-electron chi connectivity index (χ0n) is 35.9. The van der Waals surface area contributed by atoms with Crippen molar-refractivity contribution in [3.63, 3.8) is 0 Å². The van der Waals surface area contributed by atoms with Gasteiger partial charge in [0.2, 0.25) is 0 Å². The van der Waals surface area contributed by atoms with Gasteiger partial charge in [-0.2, -0.15) is 0 Å². The number of allylic oxidation sites excluding steroid dienone is 1. The molecule has 2 fully saturated rings. The Kier molecular flexibility index (Phi) is 16.1. The van der Waals surface area contributed by atoms with E-state index in [-0.39, 0.29) is 54.3 Å². The molecule has 13 heteroatoms. The van der Waals surface area contributed by atoms with Crippen LogP contribution in [-0.2, 0) is 63.9 Å². The minimum absolute atomic E-state index is 0.0480. The number of carbonyl (C=O) groups excluding carboxylic acids is 6. The summed E-state index contributed by atoms with van der Waals surface area (Å²) in [7, 11) is 0. The molecule has 0 atom stereocenters. The molecule has 2 saturated carbocycles. The summed E-state index contributed by atoms with van der Waals surface area (Å²) in [5, 5.41) is 0. The summed E-state index contributed by atoms with van der Waals surface area (Å²) in [4.78, 5) is 84.8. The molecule has 0 saturated heterocycles. The summed E-state index contributed by atoms with van der Waals surface area (Å²) >= 11 is 0. The Morgan fingerprint density at radius 3 is 1.52 bits per heavy atom. The lowest BCUT2D eigenvalue weighted by Gasteiger charge is -2.27. The average molecular weight is 859 g/mol. The van der Waals surface area contributed by atoms with Gasteiger partial charge in [0.15, 0.2) is 17.3 Å². The maximum atomic E-state index is 13.5. The van der Waals surface area contributed by atoms with Crippen LogP contribution in [0.4, 0.5) is 0 Å². The van der Waals surface area contributed by atoms with Gasteiger partial charge in [0.05, 0.1) is 23.2 Å². The lowest BCUT2D eigenvalue weighted by atomic mass is 9.87. The lowest BCUT2D eigenvalue weighted by molar-refractivity contribution is -0.153. The first-order valence-corrected chi connectivity index (χ1v) is 21.7. The van der Waals surface area contributed by atoms with E-state index in [4.69, 9.17) is 33.7 Å². The minimum atomic E-state index is -0.546. The van der Waals surface area contributed by atoms with E-state index in [0.29, 0.717) is 99.5 Å². The number of rotatable bonds is 18. The number of ketones is 1. The Morgan fingerprint density at radius 2 is 1.06 bits per heavy atom. The molecule has 4 aromatic rings. The first-order valence-electron chi connectivity index (χ1n) is 21.7. The maximum absolute atomic E-state index is 13.5. The van der Waals surface area contributed by atoms with Crippen LogP contribution in [0.3, 0.4) is 0 Å². The van der Waals surface area contributed by atoms with E-state index in [1.165, 1.54) is 6.08 Å². The zero-order valence-corrected chi connectivity index (χ0v) is 35.9. The van der Waals surface area contributed by atoms with Crippen LogP contribution >= 0.6 is 0 Å². The van der Waals surface area contributed by atoms with Crippen molar-refractivity contribution in [1.29, 1.82) is 0 Å². The average Bonchev–Trinajstić information content (AvgIpc) is 3.29. The Balaban J connectivity index is 0.967. The van der Waals surface area contributed by atoms with E-state index in [9.17, 15) is 28.8 Å². The molecule has 0 unspecified atom stereocenters. The monoisotopic (exact) mass is 858 g/mol. The number of nitrogens with zero attached hydrogens (tertiary/aromatic N) is 2. The highest BCUT2D eigenvalue weighted by atomic mass is 16.6. The van der Waals surface area contributed by atoms with Gasteiger partial charge < -0.3 is 23.7 Å². The van der Waals surface area contributed by atoms with Gasteiger partial charge in [-0.15, -0.1) is 0 Å². The van der Waals surface area contributed by atoms with Crippen LogP contribution in [0, 0.1) is 18.8 Å². The molecule has 0 aliphatic heterocycles. The molecule has 1 heterocycles. The van der Waals surface area contributed by atoms with Gasteiger partial charge in [-0.3, -0.25) is 24.0 Å². The third-order valence-corrected chi connectivity index (χ3v) is 11.6. The number of carbonyl (C=O) groups is 6. The van der Waals surface area contributed by atoms with Gasteiger partial charge in [-0.25, -0.2) is 14.8 Å². The normalized spacial score (nSPS) is 18.4. The second-order valence-corrected chi connectivity index (χ2v) is 16.1. The van der Waals surface area contributed by atoms with Crippen molar-refractivity contribution in [3.05, 3.63) is 114 Å². The molecular weight excluding hydrogens is 805 g/mol. The SMILES string of the molecule is C=CC(=O)Cc1ccc(CCC(=O)O[C@H]2CC[C@H](C(=O)Oc3ccc(OC(=O)[C@H]4CC[C@H](OC(=O)CCc5ccc(OC(=O)C=C)cc5)CC4)c4nc(C)c(CC)nc34)CC2)cc1. The number of esters is 5. The topological polar surface area (TPSA) is 174 Å². The van der Waals surface area contributed by atoms with Crippen molar-refractivity contribution in [3.8, 4) is 17.2 Å². The van der Waals surface area contributed by atoms with Crippen LogP contribution in [0.2, 0.25) is 0 Å². The molecule has 3 aromatic carbocycles. The van der Waals surface area contributed by atoms with E-state index >= 15 is 0 Å². The number of aryl methyl sites for hydroxylation is 4. The minimum Gasteiger partial charge on any atom is -0.462 e. The highest BCUT2D eigenvalue weighted by Gasteiger charge is 2.32. The largest absolute Gasteiger partial charge is 0.462 e. The lowest BCUT2D eigenvalue weighted by Crippen LogP contribution is -2.30. The third-order valence-electron chi connectivity index (χ3n) is 11.6. The van der Waals surface area contributed by atoms with E-state index in [1.807, 2.05) is 38.1 Å². The molecule has 1 aromatic heterocycles. The second kappa shape index (κ2) is 22.0. The predicted molar refractivity (Wildman–Crippen MR) is 233 cm³/mol. The number of ether oxygens (including phenoxy) is 5. The van der Waals surface area contributed by atoms with Crippen molar-refractivity contribution < 1.29 is 52.5 Å². The van der Waals surface area contributed by atoms with Crippen LogP contribution in [-0.4, -0.2) is 57.8 Å². The molecule has 2 aliphatic rings. The summed E-state index contributed by atoms with van der Waals surface area (Å²) in [6, 6.07) is 17.6. The zero-order chi connectivity index (χ0) is 44.9. The molecule has 0 amide bonds. The molecule has 13 nitrogen and oxygen atoms in total. The van der Waals surface area contributed by atoms with Crippen molar-refractivity contribution in [2.75, 3.05) is 0 Å². The van der Waals surface area contributed by atoms with E-state index in [2.05, 4.69) is 13.2 Å². The summed E-state index contributed by atoms with van der Waals surface area (Å²) in [5.74, 6) is -2.02. The van der Waals surface area contributed by atoms with Gasteiger partial charge in [0.25, 0.3) is 0 Å². The Hall–Kier alpha value is -6.50. The molecule has 6 rings (SSSR count). The molecular formula is C50H54N2O11. The molecule has 0 bridgehead atoms. The van der Waals surface area contributed by atoms with E-state index < -0.39 is 29.7 Å². The number of aromatic nitrogens is 2. The predicted octanol–water partition coefficient (Wildman–Crippen LogP) is 8.17.